The van der Waals surface area contributed by atoms with E-state index in [2.05, 4.69) is 15.6 Å². The molecule has 0 atom stereocenters. The Morgan fingerprint density at radius 3 is 2.41 bits per heavy atom. The quantitative estimate of drug-likeness (QED) is 0.556. The molecule has 0 bridgehead atoms. The van der Waals surface area contributed by atoms with Crippen LogP contribution in [0.15, 0.2) is 60.8 Å². The smallest absolute Gasteiger partial charge is 0.416 e. The van der Waals surface area contributed by atoms with E-state index in [0.29, 0.717) is 5.56 Å². The van der Waals surface area contributed by atoms with Gasteiger partial charge in [-0.25, -0.2) is 9.37 Å². The van der Waals surface area contributed by atoms with Crippen LogP contribution in [0.1, 0.15) is 15.9 Å². The Kier molecular flexibility index (Phi) is 6.72. The summed E-state index contributed by atoms with van der Waals surface area (Å²) in [7, 11) is 1.42. The predicted molar refractivity (Wildman–Crippen MR) is 108 cm³/mol. The Morgan fingerprint density at radius 2 is 1.78 bits per heavy atom. The molecular formula is C22H17F4N3O3. The maximum atomic E-state index is 13.8. The minimum Gasteiger partial charge on any atom is -0.438 e. The maximum Gasteiger partial charge on any atom is 0.416 e. The van der Waals surface area contributed by atoms with Crippen LogP contribution < -0.4 is 15.4 Å². The first-order valence-corrected chi connectivity index (χ1v) is 9.27. The Bertz CT molecular complexity index is 1130. The maximum absolute atomic E-state index is 13.8. The Labute approximate surface area is 180 Å². The van der Waals surface area contributed by atoms with Crippen molar-refractivity contribution in [2.24, 2.45) is 0 Å². The molecule has 0 aliphatic rings. The van der Waals surface area contributed by atoms with E-state index in [1.54, 1.807) is 6.07 Å². The van der Waals surface area contributed by atoms with Crippen molar-refractivity contribution in [1.82, 2.24) is 15.6 Å². The summed E-state index contributed by atoms with van der Waals surface area (Å²) in [4.78, 5) is 27.8. The number of ether oxygens (including phenoxy) is 1. The van der Waals surface area contributed by atoms with Crippen LogP contribution in [0.25, 0.3) is 11.1 Å². The summed E-state index contributed by atoms with van der Waals surface area (Å²) in [6.45, 7) is -0.256. The van der Waals surface area contributed by atoms with Crippen molar-refractivity contribution >= 4 is 11.8 Å². The van der Waals surface area contributed by atoms with Crippen LogP contribution in [0.4, 0.5) is 17.6 Å². The summed E-state index contributed by atoms with van der Waals surface area (Å²) in [5.41, 5.74) is -0.198. The zero-order valence-electron chi connectivity index (χ0n) is 16.7. The normalized spacial score (nSPS) is 11.0. The van der Waals surface area contributed by atoms with E-state index in [4.69, 9.17) is 4.74 Å². The Hall–Kier alpha value is -3.95. The van der Waals surface area contributed by atoms with E-state index in [-0.39, 0.29) is 29.3 Å². The number of aromatic nitrogens is 1. The van der Waals surface area contributed by atoms with Crippen molar-refractivity contribution in [3.8, 4) is 22.8 Å². The topological polar surface area (TPSA) is 80.3 Å². The summed E-state index contributed by atoms with van der Waals surface area (Å²) in [6, 6.07) is 10.8. The molecule has 0 unspecified atom stereocenters. The van der Waals surface area contributed by atoms with Gasteiger partial charge in [-0.2, -0.15) is 13.2 Å². The molecule has 0 saturated carbocycles. The molecule has 6 nitrogen and oxygen atoms in total. The highest BCUT2D eigenvalue weighted by atomic mass is 19.4. The molecule has 32 heavy (non-hydrogen) atoms. The lowest BCUT2D eigenvalue weighted by molar-refractivity contribution is -0.137. The fraction of sp³-hybridized carbons (Fsp3) is 0.136. The minimum absolute atomic E-state index is 0.0433. The lowest BCUT2D eigenvalue weighted by Gasteiger charge is -2.13. The van der Waals surface area contributed by atoms with Gasteiger partial charge in [0.05, 0.1) is 17.7 Å². The SMILES string of the molecule is CNC(=O)CNC(=O)c1cnc(Oc2ccc(C(F)(F)F)cc2)c(-c2cccc(F)c2)c1. The lowest BCUT2D eigenvalue weighted by Crippen LogP contribution is -2.35. The number of amides is 2. The fourth-order valence-electron chi connectivity index (χ4n) is 2.70. The average Bonchev–Trinajstić information content (AvgIpc) is 2.77. The molecule has 10 heteroatoms. The van der Waals surface area contributed by atoms with Gasteiger partial charge in [-0.3, -0.25) is 9.59 Å². The van der Waals surface area contributed by atoms with E-state index in [0.717, 1.165) is 24.3 Å². The monoisotopic (exact) mass is 447 g/mol. The molecule has 0 fully saturated rings. The first kappa shape index (κ1) is 22.7. The van der Waals surface area contributed by atoms with Gasteiger partial charge in [-0.1, -0.05) is 12.1 Å². The highest BCUT2D eigenvalue weighted by Crippen LogP contribution is 2.34. The molecule has 2 aromatic carbocycles. The number of carbonyl (C=O) groups excluding carboxylic acids is 2. The van der Waals surface area contributed by atoms with Crippen molar-refractivity contribution in [3.05, 3.63) is 77.7 Å². The molecular weight excluding hydrogens is 430 g/mol. The number of carbonyl (C=O) groups is 2. The molecule has 3 aromatic rings. The number of hydrogen-bond acceptors (Lipinski definition) is 4. The molecule has 166 valence electrons. The van der Waals surface area contributed by atoms with E-state index in [1.807, 2.05) is 0 Å². The van der Waals surface area contributed by atoms with Gasteiger partial charge in [0.15, 0.2) is 0 Å². The second-order valence-corrected chi connectivity index (χ2v) is 6.57. The number of halogens is 4. The summed E-state index contributed by atoms with van der Waals surface area (Å²) < 4.78 is 57.7. The van der Waals surface area contributed by atoms with Crippen LogP contribution in [-0.4, -0.2) is 30.4 Å². The second-order valence-electron chi connectivity index (χ2n) is 6.57. The first-order valence-electron chi connectivity index (χ1n) is 9.27. The number of alkyl halides is 3. The van der Waals surface area contributed by atoms with Crippen LogP contribution >= 0.6 is 0 Å². The number of benzene rings is 2. The van der Waals surface area contributed by atoms with Crippen molar-refractivity contribution in [1.29, 1.82) is 0 Å². The third kappa shape index (κ3) is 5.60. The number of nitrogens with zero attached hydrogens (tertiary/aromatic N) is 1. The molecule has 0 radical (unpaired) electrons. The van der Waals surface area contributed by atoms with E-state index < -0.39 is 29.4 Å². The van der Waals surface area contributed by atoms with Crippen LogP contribution in [0.5, 0.6) is 11.6 Å². The summed E-state index contributed by atoms with van der Waals surface area (Å²) >= 11 is 0. The predicted octanol–water partition coefficient (Wildman–Crippen LogP) is 4.17. The lowest BCUT2D eigenvalue weighted by atomic mass is 10.0. The van der Waals surface area contributed by atoms with Crippen LogP contribution in [-0.2, 0) is 11.0 Å². The Morgan fingerprint density at radius 1 is 1.06 bits per heavy atom. The van der Waals surface area contributed by atoms with Crippen LogP contribution in [0.2, 0.25) is 0 Å². The third-order valence-corrected chi connectivity index (χ3v) is 4.33. The molecule has 0 spiro atoms. The first-order chi connectivity index (χ1) is 15.2. The number of rotatable bonds is 6. The summed E-state index contributed by atoms with van der Waals surface area (Å²) in [6.07, 6.45) is -3.31. The number of pyridine rings is 1. The van der Waals surface area contributed by atoms with Crippen molar-refractivity contribution in [2.75, 3.05) is 13.6 Å². The number of hydrogen-bond donors (Lipinski definition) is 2. The highest BCUT2D eigenvalue weighted by molar-refractivity contribution is 5.97. The molecule has 2 amide bonds. The largest absolute Gasteiger partial charge is 0.438 e. The van der Waals surface area contributed by atoms with Gasteiger partial charge in [0.25, 0.3) is 5.91 Å². The van der Waals surface area contributed by atoms with E-state index in [9.17, 15) is 27.2 Å². The molecule has 3 rings (SSSR count). The number of likely N-dealkylation sites (N-methyl/N-ethyl adjacent to an activating group) is 1. The highest BCUT2D eigenvalue weighted by Gasteiger charge is 2.30. The van der Waals surface area contributed by atoms with E-state index in [1.165, 1.54) is 37.5 Å². The van der Waals surface area contributed by atoms with Gasteiger partial charge in [0.1, 0.15) is 11.6 Å². The van der Waals surface area contributed by atoms with Crippen LogP contribution in [0.3, 0.4) is 0 Å². The molecule has 0 aliphatic heterocycles. The van der Waals surface area contributed by atoms with Gasteiger partial charge < -0.3 is 15.4 Å². The summed E-state index contributed by atoms with van der Waals surface area (Å²) in [5, 5.41) is 4.78. The molecule has 0 saturated heterocycles. The molecule has 1 heterocycles. The Balaban J connectivity index is 1.94. The molecule has 1 aromatic heterocycles. The minimum atomic E-state index is -4.49. The zero-order valence-corrected chi connectivity index (χ0v) is 16.7. The molecule has 2 N–H and O–H groups in total. The second kappa shape index (κ2) is 9.46. The average molecular weight is 447 g/mol. The summed E-state index contributed by atoms with van der Waals surface area (Å²) in [5.74, 6) is -1.52. The standard InChI is InChI=1S/C22H17F4N3O3/c1-27-19(30)12-28-20(31)14-10-18(13-3-2-4-16(23)9-13)21(29-11-14)32-17-7-5-15(6-8-17)22(24,25)26/h2-11H,12H2,1H3,(H,27,30)(H,28,31). The van der Waals surface area contributed by atoms with Gasteiger partial charge in [0.2, 0.25) is 11.8 Å². The van der Waals surface area contributed by atoms with E-state index >= 15 is 0 Å². The number of nitrogens with one attached hydrogen (secondary N) is 2. The van der Waals surface area contributed by atoms with Gasteiger partial charge in [-0.05, 0) is 48.0 Å². The molecule has 0 aliphatic carbocycles. The van der Waals surface area contributed by atoms with Gasteiger partial charge in [0, 0.05) is 18.8 Å². The van der Waals surface area contributed by atoms with Crippen molar-refractivity contribution in [3.63, 3.8) is 0 Å². The van der Waals surface area contributed by atoms with Crippen molar-refractivity contribution in [2.45, 2.75) is 6.18 Å². The van der Waals surface area contributed by atoms with Gasteiger partial charge >= 0.3 is 6.18 Å². The zero-order chi connectivity index (χ0) is 23.3. The van der Waals surface area contributed by atoms with Gasteiger partial charge in [-0.15, -0.1) is 0 Å². The fourth-order valence-corrected chi connectivity index (χ4v) is 2.70. The van der Waals surface area contributed by atoms with Crippen molar-refractivity contribution < 1.29 is 31.9 Å². The third-order valence-electron chi connectivity index (χ3n) is 4.33. The van der Waals surface area contributed by atoms with Crippen LogP contribution in [0, 0.1) is 5.82 Å².